The number of benzene rings is 3. The molecule has 40 heavy (non-hydrogen) atoms. The Kier molecular flexibility index (Phi) is 8.85. The van der Waals surface area contributed by atoms with E-state index in [1.165, 1.54) is 0 Å². The van der Waals surface area contributed by atoms with Crippen molar-refractivity contribution in [1.29, 1.82) is 0 Å². The molecule has 4 aromatic rings. The van der Waals surface area contributed by atoms with Crippen molar-refractivity contribution in [2.45, 2.75) is 25.8 Å². The fraction of sp³-hybridized carbons (Fsp3) is 0.312. The van der Waals surface area contributed by atoms with Crippen molar-refractivity contribution in [3.63, 3.8) is 0 Å². The number of ketones is 1. The van der Waals surface area contributed by atoms with Crippen LogP contribution in [0.5, 0.6) is 5.88 Å². The maximum atomic E-state index is 13.2. The van der Waals surface area contributed by atoms with E-state index in [1.54, 1.807) is 6.07 Å². The number of fused-ring (bicyclic) bond motifs is 1. The highest BCUT2D eigenvalue weighted by Crippen LogP contribution is 2.33. The SMILES string of the molecule is CCCC(Nc1ccc(N=C(c2ccccc2)c2c(O)[nH]c3cc(Cl)ccc23)cc1)C(=O)CN1CCN(C)CC1. The molecular formula is C32H36ClN5O2. The van der Waals surface area contributed by atoms with Gasteiger partial charge < -0.3 is 20.3 Å². The van der Waals surface area contributed by atoms with E-state index >= 15 is 0 Å². The van der Waals surface area contributed by atoms with Gasteiger partial charge in [-0.15, -0.1) is 0 Å². The Morgan fingerprint density at radius 3 is 2.48 bits per heavy atom. The molecule has 0 saturated carbocycles. The lowest BCUT2D eigenvalue weighted by Crippen LogP contribution is -2.48. The lowest BCUT2D eigenvalue weighted by molar-refractivity contribution is -0.121. The van der Waals surface area contributed by atoms with Crippen molar-refractivity contribution < 1.29 is 9.90 Å². The molecule has 0 spiro atoms. The summed E-state index contributed by atoms with van der Waals surface area (Å²) in [6, 6.07) is 22.9. The summed E-state index contributed by atoms with van der Waals surface area (Å²) < 4.78 is 0. The lowest BCUT2D eigenvalue weighted by atomic mass is 10.0. The molecule has 3 aromatic carbocycles. The van der Waals surface area contributed by atoms with Crippen LogP contribution in [-0.2, 0) is 4.79 Å². The van der Waals surface area contributed by atoms with Crippen molar-refractivity contribution in [3.05, 3.63) is 88.9 Å². The molecule has 1 atom stereocenters. The molecule has 8 heteroatoms. The van der Waals surface area contributed by atoms with Gasteiger partial charge in [-0.3, -0.25) is 9.69 Å². The third kappa shape index (κ3) is 6.55. The number of aliphatic imine (C=N–C) groups is 1. The van der Waals surface area contributed by atoms with Crippen molar-refractivity contribution in [3.8, 4) is 5.88 Å². The number of nitrogens with zero attached hydrogens (tertiary/aromatic N) is 3. The summed E-state index contributed by atoms with van der Waals surface area (Å²) in [5.74, 6) is 0.272. The minimum absolute atomic E-state index is 0.0411. The number of Topliss-reactive ketones (excluding diaryl/α,β-unsaturated/α-hetero) is 1. The minimum atomic E-state index is -0.228. The zero-order valence-corrected chi connectivity index (χ0v) is 23.8. The molecule has 1 fully saturated rings. The van der Waals surface area contributed by atoms with E-state index < -0.39 is 0 Å². The average Bonchev–Trinajstić information content (AvgIpc) is 3.28. The predicted molar refractivity (Wildman–Crippen MR) is 164 cm³/mol. The number of aromatic amines is 1. The molecular weight excluding hydrogens is 522 g/mol. The van der Waals surface area contributed by atoms with Crippen molar-refractivity contribution in [1.82, 2.24) is 14.8 Å². The van der Waals surface area contributed by atoms with Gasteiger partial charge in [0, 0.05) is 47.8 Å². The van der Waals surface area contributed by atoms with Gasteiger partial charge in [-0.25, -0.2) is 4.99 Å². The van der Waals surface area contributed by atoms with Crippen LogP contribution in [0.25, 0.3) is 10.9 Å². The highest BCUT2D eigenvalue weighted by Gasteiger charge is 2.23. The van der Waals surface area contributed by atoms with Crippen LogP contribution in [0, 0.1) is 0 Å². The van der Waals surface area contributed by atoms with E-state index in [1.807, 2.05) is 66.7 Å². The summed E-state index contributed by atoms with van der Waals surface area (Å²) in [7, 11) is 2.12. The number of nitrogens with one attached hydrogen (secondary N) is 2. The van der Waals surface area contributed by atoms with Gasteiger partial charge in [0.25, 0.3) is 0 Å². The molecule has 1 saturated heterocycles. The van der Waals surface area contributed by atoms with E-state index in [4.69, 9.17) is 16.6 Å². The van der Waals surface area contributed by atoms with Crippen LogP contribution in [0.3, 0.4) is 0 Å². The molecule has 7 nitrogen and oxygen atoms in total. The van der Waals surface area contributed by atoms with E-state index in [2.05, 4.69) is 34.1 Å². The topological polar surface area (TPSA) is 84.0 Å². The van der Waals surface area contributed by atoms with Crippen LogP contribution in [-0.4, -0.2) is 77.2 Å². The van der Waals surface area contributed by atoms with Crippen LogP contribution in [0.4, 0.5) is 11.4 Å². The third-order valence-electron chi connectivity index (χ3n) is 7.42. The number of aromatic hydroxyl groups is 1. The number of carbonyl (C=O) groups excluding carboxylic acids is 1. The van der Waals surface area contributed by atoms with Crippen molar-refractivity contribution >= 4 is 45.4 Å². The molecule has 208 valence electrons. The molecule has 2 heterocycles. The normalized spacial score (nSPS) is 15.8. The standard InChI is InChI=1S/C32H36ClN5O2/c1-3-7-27(29(39)21-38-18-16-37(2)17-19-38)34-24-11-13-25(14-12-24)35-31(22-8-5-4-6-9-22)30-26-15-10-23(33)20-28(26)36-32(30)40/h4-6,8-15,20,27,34,36,40H,3,7,16-19,21H2,1-2H3. The number of rotatable bonds is 10. The minimum Gasteiger partial charge on any atom is -0.494 e. The van der Waals surface area contributed by atoms with Crippen molar-refractivity contribution in [2.75, 3.05) is 45.1 Å². The Hall–Kier alpha value is -3.65. The first-order valence-electron chi connectivity index (χ1n) is 13.9. The summed E-state index contributed by atoms with van der Waals surface area (Å²) >= 11 is 6.19. The van der Waals surface area contributed by atoms with Crippen LogP contribution < -0.4 is 5.32 Å². The molecule has 0 bridgehead atoms. The van der Waals surface area contributed by atoms with Crippen LogP contribution in [0.1, 0.15) is 30.9 Å². The van der Waals surface area contributed by atoms with Gasteiger partial charge in [0.1, 0.15) is 0 Å². The van der Waals surface area contributed by atoms with Crippen LogP contribution in [0.15, 0.2) is 77.8 Å². The maximum Gasteiger partial charge on any atom is 0.199 e. The molecule has 1 unspecified atom stereocenters. The number of hydrogen-bond donors (Lipinski definition) is 3. The number of piperazine rings is 1. The third-order valence-corrected chi connectivity index (χ3v) is 7.65. The summed E-state index contributed by atoms with van der Waals surface area (Å²) in [4.78, 5) is 25.7. The van der Waals surface area contributed by atoms with Crippen LogP contribution in [0.2, 0.25) is 5.02 Å². The summed E-state index contributed by atoms with van der Waals surface area (Å²) in [5, 5.41) is 15.8. The van der Waals surface area contributed by atoms with E-state index in [0.29, 0.717) is 22.8 Å². The average molecular weight is 558 g/mol. The number of carbonyl (C=O) groups is 1. The van der Waals surface area contributed by atoms with Gasteiger partial charge in [-0.2, -0.15) is 0 Å². The second-order valence-electron chi connectivity index (χ2n) is 10.4. The maximum absolute atomic E-state index is 13.2. The van der Waals surface area contributed by atoms with E-state index in [9.17, 15) is 9.90 Å². The largest absolute Gasteiger partial charge is 0.494 e. The Bertz CT molecular complexity index is 1470. The summed E-state index contributed by atoms with van der Waals surface area (Å²) in [6.45, 7) is 6.43. The molecule has 0 radical (unpaired) electrons. The van der Waals surface area contributed by atoms with Crippen LogP contribution >= 0.6 is 11.6 Å². The van der Waals surface area contributed by atoms with Gasteiger partial charge in [-0.05, 0) is 49.9 Å². The summed E-state index contributed by atoms with van der Waals surface area (Å²) in [5.41, 5.74) is 4.52. The molecule has 1 aliphatic heterocycles. The molecule has 0 amide bonds. The zero-order valence-electron chi connectivity index (χ0n) is 23.0. The quantitative estimate of drug-likeness (QED) is 0.205. The van der Waals surface area contributed by atoms with E-state index in [0.717, 1.165) is 66.9 Å². The smallest absolute Gasteiger partial charge is 0.199 e. The predicted octanol–water partition coefficient (Wildman–Crippen LogP) is 6.09. The fourth-order valence-corrected chi connectivity index (χ4v) is 5.33. The fourth-order valence-electron chi connectivity index (χ4n) is 5.16. The van der Waals surface area contributed by atoms with Crippen molar-refractivity contribution in [2.24, 2.45) is 4.99 Å². The first kappa shape index (κ1) is 27.9. The number of hydrogen-bond acceptors (Lipinski definition) is 6. The first-order valence-corrected chi connectivity index (χ1v) is 14.2. The molecule has 5 rings (SSSR count). The van der Waals surface area contributed by atoms with Gasteiger partial charge in [0.2, 0.25) is 0 Å². The molecule has 3 N–H and O–H groups in total. The Labute approximate surface area is 240 Å². The second kappa shape index (κ2) is 12.7. The Morgan fingerprint density at radius 2 is 1.77 bits per heavy atom. The number of halogens is 1. The van der Waals surface area contributed by atoms with Gasteiger partial charge in [0.05, 0.1) is 35.1 Å². The molecule has 1 aromatic heterocycles. The number of likely N-dealkylation sites (N-methyl/N-ethyl adjacent to an activating group) is 1. The Morgan fingerprint density at radius 1 is 1.05 bits per heavy atom. The molecule has 1 aliphatic rings. The second-order valence-corrected chi connectivity index (χ2v) is 10.9. The zero-order chi connectivity index (χ0) is 28.1. The monoisotopic (exact) mass is 557 g/mol. The van der Waals surface area contributed by atoms with E-state index in [-0.39, 0.29) is 17.7 Å². The molecule has 0 aliphatic carbocycles. The first-order chi connectivity index (χ1) is 19.4. The lowest BCUT2D eigenvalue weighted by Gasteiger charge is -2.32. The highest BCUT2D eigenvalue weighted by molar-refractivity contribution is 6.31. The van der Waals surface area contributed by atoms with Gasteiger partial charge in [0.15, 0.2) is 11.7 Å². The number of anilines is 1. The Balaban J connectivity index is 1.39. The number of H-pyrrole nitrogens is 1. The number of aromatic nitrogens is 1. The van der Waals surface area contributed by atoms with Gasteiger partial charge >= 0.3 is 0 Å². The summed E-state index contributed by atoms with van der Waals surface area (Å²) in [6.07, 6.45) is 1.71. The highest BCUT2D eigenvalue weighted by atomic mass is 35.5. The van der Waals surface area contributed by atoms with Gasteiger partial charge in [-0.1, -0.05) is 61.3 Å².